The summed E-state index contributed by atoms with van der Waals surface area (Å²) in [5, 5.41) is 6.36. The Morgan fingerprint density at radius 3 is 2.38 bits per heavy atom. The van der Waals surface area contributed by atoms with Crippen molar-refractivity contribution in [3.05, 3.63) is 35.4 Å². The van der Waals surface area contributed by atoms with Gasteiger partial charge in [-0.05, 0) is 49.0 Å². The predicted molar refractivity (Wildman–Crippen MR) is 87.0 cm³/mol. The summed E-state index contributed by atoms with van der Waals surface area (Å²) in [5.41, 5.74) is 0.635. The van der Waals surface area contributed by atoms with Gasteiger partial charge in [-0.1, -0.05) is 0 Å². The zero-order valence-electron chi connectivity index (χ0n) is 12.6. The molecule has 0 fully saturated rings. The maximum Gasteiger partial charge on any atom is 0.190 e. The number of halogens is 2. The summed E-state index contributed by atoms with van der Waals surface area (Å²) in [7, 11) is 1.71. The van der Waals surface area contributed by atoms with E-state index in [4.69, 9.17) is 0 Å². The van der Waals surface area contributed by atoms with Gasteiger partial charge in [0.1, 0.15) is 11.6 Å². The third kappa shape index (κ3) is 7.90. The van der Waals surface area contributed by atoms with Crippen LogP contribution in [-0.2, 0) is 6.42 Å². The van der Waals surface area contributed by atoms with Crippen molar-refractivity contribution in [3.63, 3.8) is 0 Å². The van der Waals surface area contributed by atoms with Crippen LogP contribution in [0.15, 0.2) is 23.2 Å². The van der Waals surface area contributed by atoms with Gasteiger partial charge in [0, 0.05) is 26.2 Å². The van der Waals surface area contributed by atoms with Crippen LogP contribution < -0.4 is 10.6 Å². The molecule has 0 heterocycles. The highest BCUT2D eigenvalue weighted by molar-refractivity contribution is 7.98. The zero-order valence-corrected chi connectivity index (χ0v) is 13.4. The summed E-state index contributed by atoms with van der Waals surface area (Å²) >= 11 is 1.85. The van der Waals surface area contributed by atoms with Crippen molar-refractivity contribution in [3.8, 4) is 0 Å². The molecule has 0 spiro atoms. The van der Waals surface area contributed by atoms with Gasteiger partial charge in [0.15, 0.2) is 5.96 Å². The van der Waals surface area contributed by atoms with Crippen molar-refractivity contribution in [2.75, 3.05) is 32.1 Å². The van der Waals surface area contributed by atoms with Crippen LogP contribution in [0.25, 0.3) is 0 Å². The Morgan fingerprint density at radius 2 is 1.76 bits per heavy atom. The number of thioether (sulfide) groups is 1. The molecule has 0 saturated heterocycles. The van der Waals surface area contributed by atoms with Gasteiger partial charge in [0.25, 0.3) is 0 Å². The van der Waals surface area contributed by atoms with E-state index in [1.54, 1.807) is 7.05 Å². The van der Waals surface area contributed by atoms with Crippen molar-refractivity contribution < 1.29 is 8.78 Å². The summed E-state index contributed by atoms with van der Waals surface area (Å²) in [6.07, 6.45) is 4.91. The van der Waals surface area contributed by atoms with Gasteiger partial charge in [0.2, 0.25) is 0 Å². The number of hydrogen-bond acceptors (Lipinski definition) is 2. The molecule has 1 aromatic rings. The lowest BCUT2D eigenvalue weighted by Gasteiger charge is -2.11. The van der Waals surface area contributed by atoms with Crippen LogP contribution in [0.5, 0.6) is 0 Å². The molecule has 0 aliphatic heterocycles. The summed E-state index contributed by atoms with van der Waals surface area (Å²) in [5.74, 6) is 0.803. The first-order valence-corrected chi connectivity index (χ1v) is 8.43. The fraction of sp³-hybridized carbons (Fsp3) is 0.533. The average molecular weight is 315 g/mol. The largest absolute Gasteiger partial charge is 0.356 e. The minimum Gasteiger partial charge on any atom is -0.356 e. The first-order chi connectivity index (χ1) is 10.2. The molecule has 0 aliphatic rings. The molecule has 1 aromatic carbocycles. The van der Waals surface area contributed by atoms with E-state index in [9.17, 15) is 8.78 Å². The highest BCUT2D eigenvalue weighted by Gasteiger charge is 2.01. The molecule has 0 radical (unpaired) electrons. The Kier molecular flexibility index (Phi) is 8.82. The van der Waals surface area contributed by atoms with E-state index in [1.807, 2.05) is 11.8 Å². The van der Waals surface area contributed by atoms with Crippen LogP contribution in [0, 0.1) is 11.6 Å². The molecular weight excluding hydrogens is 292 g/mol. The third-order valence-electron chi connectivity index (χ3n) is 2.92. The van der Waals surface area contributed by atoms with Gasteiger partial charge in [-0.15, -0.1) is 0 Å². The maximum absolute atomic E-state index is 13.1. The van der Waals surface area contributed by atoms with E-state index in [-0.39, 0.29) is 0 Å². The van der Waals surface area contributed by atoms with Crippen molar-refractivity contribution in [1.29, 1.82) is 0 Å². The van der Waals surface area contributed by atoms with E-state index < -0.39 is 11.6 Å². The quantitative estimate of drug-likeness (QED) is 0.440. The van der Waals surface area contributed by atoms with Crippen LogP contribution >= 0.6 is 11.8 Å². The van der Waals surface area contributed by atoms with Crippen molar-refractivity contribution in [1.82, 2.24) is 10.6 Å². The highest BCUT2D eigenvalue weighted by Crippen LogP contribution is 2.08. The van der Waals surface area contributed by atoms with Crippen molar-refractivity contribution in [2.45, 2.75) is 19.3 Å². The van der Waals surface area contributed by atoms with Gasteiger partial charge >= 0.3 is 0 Å². The number of guanidine groups is 1. The Hall–Kier alpha value is -1.30. The summed E-state index contributed by atoms with van der Waals surface area (Å²) in [4.78, 5) is 4.11. The zero-order chi connectivity index (χ0) is 15.5. The second-order valence-corrected chi connectivity index (χ2v) is 5.64. The number of nitrogens with zero attached hydrogens (tertiary/aromatic N) is 1. The Labute approximate surface area is 129 Å². The molecule has 0 saturated carbocycles. The van der Waals surface area contributed by atoms with Gasteiger partial charge in [0.05, 0.1) is 0 Å². The minimum atomic E-state index is -0.540. The van der Waals surface area contributed by atoms with Crippen LogP contribution in [0.3, 0.4) is 0 Å². The fourth-order valence-electron chi connectivity index (χ4n) is 1.88. The molecule has 118 valence electrons. The first kappa shape index (κ1) is 17.8. The number of rotatable bonds is 8. The molecule has 0 atom stereocenters. The van der Waals surface area contributed by atoms with Crippen molar-refractivity contribution >= 4 is 17.7 Å². The van der Waals surface area contributed by atoms with Crippen molar-refractivity contribution in [2.24, 2.45) is 4.99 Å². The van der Waals surface area contributed by atoms with E-state index >= 15 is 0 Å². The Morgan fingerprint density at radius 1 is 1.10 bits per heavy atom. The Balaban J connectivity index is 2.25. The van der Waals surface area contributed by atoms with Crippen LogP contribution in [0.1, 0.15) is 18.4 Å². The summed E-state index contributed by atoms with van der Waals surface area (Å²) in [6, 6.07) is 3.58. The molecule has 21 heavy (non-hydrogen) atoms. The van der Waals surface area contributed by atoms with E-state index in [1.165, 1.54) is 24.3 Å². The number of benzene rings is 1. The molecule has 0 bridgehead atoms. The maximum atomic E-state index is 13.1. The number of unbranched alkanes of at least 4 members (excludes halogenated alkanes) is 1. The smallest absolute Gasteiger partial charge is 0.190 e. The first-order valence-electron chi connectivity index (χ1n) is 7.04. The van der Waals surface area contributed by atoms with E-state index in [0.29, 0.717) is 18.5 Å². The molecule has 0 aromatic heterocycles. The van der Waals surface area contributed by atoms with E-state index in [2.05, 4.69) is 21.9 Å². The normalized spacial score (nSPS) is 11.5. The van der Waals surface area contributed by atoms with Gasteiger partial charge in [-0.2, -0.15) is 11.8 Å². The van der Waals surface area contributed by atoms with Crippen LogP contribution in [0.2, 0.25) is 0 Å². The van der Waals surface area contributed by atoms with Crippen LogP contribution in [0.4, 0.5) is 8.78 Å². The molecule has 2 N–H and O–H groups in total. The lowest BCUT2D eigenvalue weighted by atomic mass is 10.1. The highest BCUT2D eigenvalue weighted by atomic mass is 32.2. The molecule has 0 unspecified atom stereocenters. The minimum absolute atomic E-state index is 0.540. The second-order valence-electron chi connectivity index (χ2n) is 4.65. The standard InChI is InChI=1S/C15H23F2N3S/c1-18-15(19-6-3-4-8-21-2)20-7-5-12-9-13(16)11-14(17)10-12/h9-11H,3-8H2,1-2H3,(H2,18,19,20). The molecule has 0 amide bonds. The van der Waals surface area contributed by atoms with Gasteiger partial charge < -0.3 is 10.6 Å². The average Bonchev–Trinajstić information content (AvgIpc) is 2.44. The second kappa shape index (κ2) is 10.4. The summed E-state index contributed by atoms with van der Waals surface area (Å²) in [6.45, 7) is 1.45. The Bertz CT molecular complexity index is 432. The topological polar surface area (TPSA) is 36.4 Å². The molecule has 0 aliphatic carbocycles. The predicted octanol–water partition coefficient (Wildman–Crippen LogP) is 2.82. The lowest BCUT2D eigenvalue weighted by molar-refractivity contribution is 0.579. The number of hydrogen-bond donors (Lipinski definition) is 2. The van der Waals surface area contributed by atoms with Gasteiger partial charge in [-0.3, -0.25) is 4.99 Å². The summed E-state index contributed by atoms with van der Waals surface area (Å²) < 4.78 is 26.1. The molecular formula is C15H23F2N3S. The molecule has 3 nitrogen and oxygen atoms in total. The SMILES string of the molecule is CN=C(NCCCCSC)NCCc1cc(F)cc(F)c1. The van der Waals surface area contributed by atoms with Crippen LogP contribution in [-0.4, -0.2) is 38.1 Å². The number of aliphatic imine (C=N–C) groups is 1. The van der Waals surface area contributed by atoms with E-state index in [0.717, 1.165) is 25.0 Å². The number of nitrogens with one attached hydrogen (secondary N) is 2. The van der Waals surface area contributed by atoms with Gasteiger partial charge in [-0.25, -0.2) is 8.78 Å². The lowest BCUT2D eigenvalue weighted by Crippen LogP contribution is -2.38. The molecule has 6 heteroatoms. The third-order valence-corrected chi connectivity index (χ3v) is 3.62. The molecule has 1 rings (SSSR count). The fourth-order valence-corrected chi connectivity index (χ4v) is 2.37. The monoisotopic (exact) mass is 315 g/mol.